The molecule has 0 saturated carbocycles. The van der Waals surface area contributed by atoms with E-state index in [1.54, 1.807) is 6.07 Å². The highest BCUT2D eigenvalue weighted by Gasteiger charge is 2.26. The van der Waals surface area contributed by atoms with E-state index in [1.165, 1.54) is 13.2 Å². The summed E-state index contributed by atoms with van der Waals surface area (Å²) in [5, 5.41) is 0. The van der Waals surface area contributed by atoms with Gasteiger partial charge in [-0.1, -0.05) is 6.07 Å². The second-order valence-electron chi connectivity index (χ2n) is 5.75. The molecule has 1 fully saturated rings. The van der Waals surface area contributed by atoms with Crippen molar-refractivity contribution in [2.45, 2.75) is 25.8 Å². The van der Waals surface area contributed by atoms with Gasteiger partial charge in [0.05, 0.1) is 7.11 Å². The molecule has 0 bridgehead atoms. The minimum atomic E-state index is -0.321. The van der Waals surface area contributed by atoms with Gasteiger partial charge in [0.25, 0.3) is 0 Å². The Labute approximate surface area is 130 Å². The van der Waals surface area contributed by atoms with Crippen molar-refractivity contribution in [1.29, 1.82) is 0 Å². The first-order valence-corrected chi connectivity index (χ1v) is 7.50. The highest BCUT2D eigenvalue weighted by atomic mass is 19.1. The van der Waals surface area contributed by atoms with E-state index in [2.05, 4.69) is 14.9 Å². The Hall–Kier alpha value is -2.01. The summed E-state index contributed by atoms with van der Waals surface area (Å²) in [6.07, 6.45) is 2.88. The second-order valence-corrected chi connectivity index (χ2v) is 5.75. The first-order valence-electron chi connectivity index (χ1n) is 7.50. The van der Waals surface area contributed by atoms with E-state index in [-0.39, 0.29) is 5.82 Å². The Bertz CT molecular complexity index is 662. The standard InChI is InChI=1S/C17H20FN3O/c1-12-5-7-19-17(20-12)14-6-8-21(11-14)10-13-3-4-15(18)16(9-13)22-2/h3-5,7,9,14H,6,8,10-11H2,1-2H3. The van der Waals surface area contributed by atoms with Crippen LogP contribution in [-0.4, -0.2) is 35.1 Å². The Morgan fingerprint density at radius 1 is 1.36 bits per heavy atom. The lowest BCUT2D eigenvalue weighted by atomic mass is 10.1. The van der Waals surface area contributed by atoms with Crippen LogP contribution >= 0.6 is 0 Å². The molecule has 0 N–H and O–H groups in total. The number of rotatable bonds is 4. The second kappa shape index (κ2) is 6.40. The molecule has 5 heteroatoms. The fourth-order valence-corrected chi connectivity index (χ4v) is 2.91. The molecule has 1 saturated heterocycles. The van der Waals surface area contributed by atoms with Gasteiger partial charge in [0, 0.05) is 30.9 Å². The minimum Gasteiger partial charge on any atom is -0.494 e. The van der Waals surface area contributed by atoms with Gasteiger partial charge in [-0.15, -0.1) is 0 Å². The maximum absolute atomic E-state index is 13.4. The zero-order valence-corrected chi connectivity index (χ0v) is 12.9. The van der Waals surface area contributed by atoms with Gasteiger partial charge in [-0.3, -0.25) is 4.90 Å². The average Bonchev–Trinajstić information content (AvgIpc) is 2.98. The number of methoxy groups -OCH3 is 1. The van der Waals surface area contributed by atoms with E-state index in [9.17, 15) is 4.39 Å². The Morgan fingerprint density at radius 2 is 2.23 bits per heavy atom. The molecule has 4 nitrogen and oxygen atoms in total. The van der Waals surface area contributed by atoms with Crippen LogP contribution in [0.5, 0.6) is 5.75 Å². The molecule has 0 radical (unpaired) electrons. The molecule has 2 aromatic rings. The number of aryl methyl sites for hydroxylation is 1. The van der Waals surface area contributed by atoms with Gasteiger partial charge in [0.1, 0.15) is 5.82 Å². The van der Waals surface area contributed by atoms with Crippen molar-refractivity contribution in [3.8, 4) is 5.75 Å². The van der Waals surface area contributed by atoms with Gasteiger partial charge < -0.3 is 4.74 Å². The van der Waals surface area contributed by atoms with Gasteiger partial charge in [-0.2, -0.15) is 0 Å². The molecule has 2 heterocycles. The van der Waals surface area contributed by atoms with Crippen molar-refractivity contribution in [1.82, 2.24) is 14.9 Å². The smallest absolute Gasteiger partial charge is 0.165 e. The summed E-state index contributed by atoms with van der Waals surface area (Å²) in [5.41, 5.74) is 2.07. The maximum atomic E-state index is 13.4. The number of hydrogen-bond acceptors (Lipinski definition) is 4. The highest BCUT2D eigenvalue weighted by Crippen LogP contribution is 2.27. The first-order chi connectivity index (χ1) is 10.7. The van der Waals surface area contributed by atoms with E-state index in [0.29, 0.717) is 11.7 Å². The van der Waals surface area contributed by atoms with Crippen LogP contribution in [0.3, 0.4) is 0 Å². The molecule has 116 valence electrons. The van der Waals surface area contributed by atoms with Crippen LogP contribution in [0.25, 0.3) is 0 Å². The van der Waals surface area contributed by atoms with E-state index in [0.717, 1.165) is 43.1 Å². The third-order valence-electron chi connectivity index (χ3n) is 4.07. The Balaban J connectivity index is 1.66. The SMILES string of the molecule is COc1cc(CN2CCC(c3nccc(C)n3)C2)ccc1F. The van der Waals surface area contributed by atoms with Gasteiger partial charge in [0.2, 0.25) is 0 Å². The van der Waals surface area contributed by atoms with E-state index in [1.807, 2.05) is 25.3 Å². The number of ether oxygens (including phenoxy) is 1. The summed E-state index contributed by atoms with van der Waals surface area (Å²) < 4.78 is 18.5. The summed E-state index contributed by atoms with van der Waals surface area (Å²) in [6, 6.07) is 6.96. The van der Waals surface area contributed by atoms with Gasteiger partial charge in [-0.05, 0) is 43.7 Å². The molecule has 0 spiro atoms. The third kappa shape index (κ3) is 3.25. The van der Waals surface area contributed by atoms with E-state index in [4.69, 9.17) is 4.74 Å². The average molecular weight is 301 g/mol. The number of aromatic nitrogens is 2. The lowest BCUT2D eigenvalue weighted by molar-refractivity contribution is 0.323. The minimum absolute atomic E-state index is 0.301. The first kappa shape index (κ1) is 14.9. The number of hydrogen-bond donors (Lipinski definition) is 0. The number of nitrogens with zero attached hydrogens (tertiary/aromatic N) is 3. The Kier molecular flexibility index (Phi) is 4.34. The van der Waals surface area contributed by atoms with Crippen LogP contribution in [0.15, 0.2) is 30.5 Å². The molecular formula is C17H20FN3O. The molecular weight excluding hydrogens is 281 g/mol. The van der Waals surface area contributed by atoms with Crippen LogP contribution in [0.2, 0.25) is 0 Å². The van der Waals surface area contributed by atoms with Gasteiger partial charge in [0.15, 0.2) is 11.6 Å². The van der Waals surface area contributed by atoms with Crippen LogP contribution in [0, 0.1) is 12.7 Å². The van der Waals surface area contributed by atoms with E-state index >= 15 is 0 Å². The molecule has 1 aromatic carbocycles. The fourth-order valence-electron chi connectivity index (χ4n) is 2.91. The molecule has 0 aliphatic carbocycles. The molecule has 1 unspecified atom stereocenters. The molecule has 1 aromatic heterocycles. The summed E-state index contributed by atoms with van der Waals surface area (Å²) >= 11 is 0. The summed E-state index contributed by atoms with van der Waals surface area (Å²) in [6.45, 7) is 4.71. The molecule has 1 aliphatic heterocycles. The highest BCUT2D eigenvalue weighted by molar-refractivity contribution is 5.30. The van der Waals surface area contributed by atoms with Crippen LogP contribution in [0.4, 0.5) is 4.39 Å². The van der Waals surface area contributed by atoms with Gasteiger partial charge >= 0.3 is 0 Å². The largest absolute Gasteiger partial charge is 0.494 e. The molecule has 0 amide bonds. The van der Waals surface area contributed by atoms with Crippen molar-refractivity contribution >= 4 is 0 Å². The van der Waals surface area contributed by atoms with Crippen molar-refractivity contribution in [2.75, 3.05) is 20.2 Å². The maximum Gasteiger partial charge on any atom is 0.165 e. The topological polar surface area (TPSA) is 38.2 Å². The van der Waals surface area contributed by atoms with Crippen molar-refractivity contribution in [2.24, 2.45) is 0 Å². The van der Waals surface area contributed by atoms with Crippen LogP contribution in [0.1, 0.15) is 29.4 Å². The lowest BCUT2D eigenvalue weighted by Crippen LogP contribution is -2.20. The molecule has 3 rings (SSSR count). The van der Waals surface area contributed by atoms with Crippen molar-refractivity contribution in [3.05, 3.63) is 53.4 Å². The van der Waals surface area contributed by atoms with E-state index < -0.39 is 0 Å². The zero-order chi connectivity index (χ0) is 15.5. The van der Waals surface area contributed by atoms with Crippen molar-refractivity contribution in [3.63, 3.8) is 0 Å². The van der Waals surface area contributed by atoms with Crippen LogP contribution < -0.4 is 4.74 Å². The number of benzene rings is 1. The predicted octanol–water partition coefficient (Wildman–Crippen LogP) is 2.92. The Morgan fingerprint density at radius 3 is 3.00 bits per heavy atom. The molecule has 1 aliphatic rings. The fraction of sp³-hybridized carbons (Fsp3) is 0.412. The third-order valence-corrected chi connectivity index (χ3v) is 4.07. The molecule has 22 heavy (non-hydrogen) atoms. The lowest BCUT2D eigenvalue weighted by Gasteiger charge is -2.16. The van der Waals surface area contributed by atoms with Gasteiger partial charge in [-0.25, -0.2) is 14.4 Å². The van der Waals surface area contributed by atoms with Crippen LogP contribution in [-0.2, 0) is 6.54 Å². The number of likely N-dealkylation sites (tertiary alicyclic amines) is 1. The normalized spacial score (nSPS) is 18.6. The predicted molar refractivity (Wildman–Crippen MR) is 82.4 cm³/mol. The monoisotopic (exact) mass is 301 g/mol. The number of halogens is 1. The quantitative estimate of drug-likeness (QED) is 0.870. The zero-order valence-electron chi connectivity index (χ0n) is 12.9. The van der Waals surface area contributed by atoms with Crippen molar-refractivity contribution < 1.29 is 9.13 Å². The summed E-state index contributed by atoms with van der Waals surface area (Å²) in [5.74, 6) is 1.29. The molecule has 1 atom stereocenters. The summed E-state index contributed by atoms with van der Waals surface area (Å²) in [4.78, 5) is 11.3. The summed E-state index contributed by atoms with van der Waals surface area (Å²) in [7, 11) is 1.49.